The normalized spacial score (nSPS) is 32.0. The van der Waals surface area contributed by atoms with E-state index in [1.165, 1.54) is 25.7 Å². The summed E-state index contributed by atoms with van der Waals surface area (Å²) in [5.41, 5.74) is 0.327. The monoisotopic (exact) mass is 170 g/mol. The third kappa shape index (κ3) is 2.48. The van der Waals surface area contributed by atoms with Crippen LogP contribution in [0, 0.1) is 5.41 Å². The van der Waals surface area contributed by atoms with Gasteiger partial charge in [0.15, 0.2) is 0 Å². The molecule has 1 fully saturated rings. The third-order valence-corrected chi connectivity index (χ3v) is 2.77. The highest BCUT2D eigenvalue weighted by Gasteiger charge is 2.30. The first kappa shape index (κ1) is 10.0. The van der Waals surface area contributed by atoms with Gasteiger partial charge in [0.1, 0.15) is 0 Å². The van der Waals surface area contributed by atoms with Crippen LogP contribution in [0.5, 0.6) is 0 Å². The lowest BCUT2D eigenvalue weighted by Crippen LogP contribution is -2.36. The van der Waals surface area contributed by atoms with E-state index >= 15 is 0 Å². The summed E-state index contributed by atoms with van der Waals surface area (Å²) in [6.45, 7) is 9.04. The lowest BCUT2D eigenvalue weighted by atomic mass is 9.84. The molecule has 0 radical (unpaired) electrons. The largest absolute Gasteiger partial charge is 0.374 e. The molecule has 72 valence electrons. The topological polar surface area (TPSA) is 9.23 Å². The number of hydrogen-bond acceptors (Lipinski definition) is 1. The smallest absolute Gasteiger partial charge is 0.0627 e. The number of rotatable bonds is 1. The quantitative estimate of drug-likeness (QED) is 0.586. The molecule has 0 aromatic heterocycles. The van der Waals surface area contributed by atoms with Crippen molar-refractivity contribution in [1.29, 1.82) is 0 Å². The highest BCUT2D eigenvalue weighted by molar-refractivity contribution is 4.79. The van der Waals surface area contributed by atoms with Gasteiger partial charge in [-0.25, -0.2) is 0 Å². The zero-order valence-corrected chi connectivity index (χ0v) is 8.89. The Hall–Kier alpha value is -0.0400. The molecular weight excluding hydrogens is 148 g/mol. The van der Waals surface area contributed by atoms with Gasteiger partial charge in [0, 0.05) is 0 Å². The van der Waals surface area contributed by atoms with Crippen molar-refractivity contribution in [3.63, 3.8) is 0 Å². The maximum atomic E-state index is 6.00. The van der Waals surface area contributed by atoms with Crippen LogP contribution in [-0.4, -0.2) is 12.2 Å². The van der Waals surface area contributed by atoms with Gasteiger partial charge in [0.05, 0.1) is 12.2 Å². The Labute approximate surface area is 76.5 Å². The van der Waals surface area contributed by atoms with Crippen molar-refractivity contribution in [3.05, 3.63) is 0 Å². The van der Waals surface area contributed by atoms with Crippen LogP contribution in [0.4, 0.5) is 0 Å². The van der Waals surface area contributed by atoms with E-state index in [4.69, 9.17) is 4.74 Å². The van der Waals surface area contributed by atoms with Crippen LogP contribution in [0.3, 0.4) is 0 Å². The summed E-state index contributed by atoms with van der Waals surface area (Å²) in [7, 11) is 0. The third-order valence-electron chi connectivity index (χ3n) is 2.77. The van der Waals surface area contributed by atoms with E-state index in [1.54, 1.807) is 0 Å². The van der Waals surface area contributed by atoms with Crippen molar-refractivity contribution in [2.75, 3.05) is 0 Å². The van der Waals surface area contributed by atoms with Crippen molar-refractivity contribution in [2.45, 2.75) is 65.6 Å². The maximum Gasteiger partial charge on any atom is 0.0627 e. The van der Waals surface area contributed by atoms with Crippen molar-refractivity contribution in [3.8, 4) is 0 Å². The average molecular weight is 170 g/mol. The fourth-order valence-corrected chi connectivity index (χ4v) is 1.84. The molecule has 0 bridgehead atoms. The second-order valence-electron chi connectivity index (χ2n) is 4.95. The standard InChI is InChI=1S/C11H22O/c1-5-9-7-6-8-10(12-9)11(2,3)4/h9-10H,5-8H2,1-4H3. The Kier molecular flexibility index (Phi) is 3.16. The van der Waals surface area contributed by atoms with Crippen molar-refractivity contribution >= 4 is 0 Å². The molecule has 1 aliphatic heterocycles. The van der Waals surface area contributed by atoms with Crippen LogP contribution in [0.1, 0.15) is 53.4 Å². The minimum Gasteiger partial charge on any atom is -0.374 e. The van der Waals surface area contributed by atoms with Crippen LogP contribution >= 0.6 is 0 Å². The molecule has 0 aliphatic carbocycles. The van der Waals surface area contributed by atoms with Gasteiger partial charge in [-0.3, -0.25) is 0 Å². The molecule has 1 heteroatoms. The second kappa shape index (κ2) is 3.78. The zero-order chi connectivity index (χ0) is 9.19. The lowest BCUT2D eigenvalue weighted by molar-refractivity contribution is -0.0987. The molecule has 2 unspecified atom stereocenters. The van der Waals surface area contributed by atoms with Gasteiger partial charge >= 0.3 is 0 Å². The van der Waals surface area contributed by atoms with Gasteiger partial charge in [-0.15, -0.1) is 0 Å². The summed E-state index contributed by atoms with van der Waals surface area (Å²) >= 11 is 0. The van der Waals surface area contributed by atoms with Gasteiger partial charge in [0.25, 0.3) is 0 Å². The Morgan fingerprint density at radius 2 is 1.92 bits per heavy atom. The molecule has 2 atom stereocenters. The molecule has 0 spiro atoms. The minimum atomic E-state index is 0.327. The Morgan fingerprint density at radius 1 is 1.25 bits per heavy atom. The van der Waals surface area contributed by atoms with E-state index < -0.39 is 0 Å². The molecule has 1 nitrogen and oxygen atoms in total. The first-order chi connectivity index (χ1) is 5.54. The summed E-state index contributed by atoms with van der Waals surface area (Å²) in [5, 5.41) is 0. The molecule has 0 aromatic carbocycles. The van der Waals surface area contributed by atoms with Gasteiger partial charge in [-0.1, -0.05) is 27.7 Å². The van der Waals surface area contributed by atoms with Gasteiger partial charge < -0.3 is 4.74 Å². The summed E-state index contributed by atoms with van der Waals surface area (Å²) in [6, 6.07) is 0. The van der Waals surface area contributed by atoms with E-state index in [9.17, 15) is 0 Å². The molecule has 12 heavy (non-hydrogen) atoms. The maximum absolute atomic E-state index is 6.00. The summed E-state index contributed by atoms with van der Waals surface area (Å²) in [5.74, 6) is 0. The van der Waals surface area contributed by atoms with Crippen LogP contribution in [0.25, 0.3) is 0 Å². The predicted molar refractivity (Wildman–Crippen MR) is 52.3 cm³/mol. The summed E-state index contributed by atoms with van der Waals surface area (Å²) < 4.78 is 6.00. The molecule has 0 aromatic rings. The van der Waals surface area contributed by atoms with Crippen molar-refractivity contribution in [1.82, 2.24) is 0 Å². The van der Waals surface area contributed by atoms with Gasteiger partial charge in [-0.2, -0.15) is 0 Å². The van der Waals surface area contributed by atoms with Crippen LogP contribution in [-0.2, 0) is 4.74 Å². The zero-order valence-electron chi connectivity index (χ0n) is 8.89. The molecule has 1 heterocycles. The van der Waals surface area contributed by atoms with Crippen LogP contribution in [0.2, 0.25) is 0 Å². The highest BCUT2D eigenvalue weighted by atomic mass is 16.5. The predicted octanol–water partition coefficient (Wildman–Crippen LogP) is 3.38. The van der Waals surface area contributed by atoms with Crippen LogP contribution < -0.4 is 0 Å². The molecular formula is C11H22O. The summed E-state index contributed by atoms with van der Waals surface area (Å²) in [4.78, 5) is 0. The Morgan fingerprint density at radius 3 is 2.42 bits per heavy atom. The van der Waals surface area contributed by atoms with Crippen molar-refractivity contribution in [2.24, 2.45) is 5.41 Å². The fourth-order valence-electron chi connectivity index (χ4n) is 1.84. The van der Waals surface area contributed by atoms with Gasteiger partial charge in [-0.05, 0) is 31.1 Å². The Bertz CT molecular complexity index is 134. The van der Waals surface area contributed by atoms with E-state index in [1.807, 2.05) is 0 Å². The second-order valence-corrected chi connectivity index (χ2v) is 4.95. The van der Waals surface area contributed by atoms with Crippen LogP contribution in [0.15, 0.2) is 0 Å². The fraction of sp³-hybridized carbons (Fsp3) is 1.00. The van der Waals surface area contributed by atoms with E-state index in [0.717, 1.165) is 0 Å². The lowest BCUT2D eigenvalue weighted by Gasteiger charge is -2.37. The van der Waals surface area contributed by atoms with E-state index in [-0.39, 0.29) is 0 Å². The first-order valence-electron chi connectivity index (χ1n) is 5.19. The average Bonchev–Trinajstić information content (AvgIpc) is 2.03. The minimum absolute atomic E-state index is 0.327. The highest BCUT2D eigenvalue weighted by Crippen LogP contribution is 2.32. The van der Waals surface area contributed by atoms with E-state index in [2.05, 4.69) is 27.7 Å². The van der Waals surface area contributed by atoms with Gasteiger partial charge in [0.2, 0.25) is 0 Å². The first-order valence-corrected chi connectivity index (χ1v) is 5.19. The SMILES string of the molecule is CCC1CCCC(C(C)(C)C)O1. The summed E-state index contributed by atoms with van der Waals surface area (Å²) in [6.07, 6.45) is 6.05. The Balaban J connectivity index is 2.46. The molecule has 1 rings (SSSR count). The molecule has 0 saturated carbocycles. The molecule has 1 saturated heterocycles. The molecule has 0 amide bonds. The number of ether oxygens (including phenoxy) is 1. The number of hydrogen-bond donors (Lipinski definition) is 0. The van der Waals surface area contributed by atoms with E-state index in [0.29, 0.717) is 17.6 Å². The van der Waals surface area contributed by atoms with Crippen molar-refractivity contribution < 1.29 is 4.74 Å². The molecule has 0 N–H and O–H groups in total. The molecule has 1 aliphatic rings.